The van der Waals surface area contributed by atoms with Gasteiger partial charge in [0.1, 0.15) is 6.10 Å². The number of aryl methyl sites for hydroxylation is 1. The number of phenolic OH excluding ortho intramolecular Hbond substituents is 1. The van der Waals surface area contributed by atoms with E-state index in [4.69, 9.17) is 4.74 Å². The maximum atomic E-state index is 13.4. The minimum absolute atomic E-state index is 0.129. The van der Waals surface area contributed by atoms with E-state index in [1.807, 2.05) is 31.2 Å². The summed E-state index contributed by atoms with van der Waals surface area (Å²) >= 11 is 0. The van der Waals surface area contributed by atoms with Gasteiger partial charge in [0.05, 0.1) is 28.0 Å². The Kier molecular flexibility index (Phi) is 5.51. The number of nitrogens with zero attached hydrogens (tertiary/aromatic N) is 3. The first-order valence-corrected chi connectivity index (χ1v) is 14.2. The van der Waals surface area contributed by atoms with Gasteiger partial charge in [-0.1, -0.05) is 18.1 Å². The van der Waals surface area contributed by atoms with Crippen molar-refractivity contribution in [3.63, 3.8) is 0 Å². The number of likely N-dealkylation sites (N-methyl/N-ethyl adjacent to an activating group) is 1. The van der Waals surface area contributed by atoms with Crippen LogP contribution in [0.25, 0.3) is 0 Å². The standard InChI is InChI=1S/C31H33N3O6/c1-18-4-3-5-19(14-18)8-9-26(36)32(2)22-10-11-31(37)25-15-21-23(34(38)39)16-24(35)28-27(21)30(31,29(22)40-28)12-13-33(25)17-20-6-7-20/h3-5,14,16,20,22,25,29,35,37H,6-7,10-13,15,17H2,1-2H3/t22-,25-,29+,30+,31-/m1/s1. The number of nitro benzene ring substituents is 1. The summed E-state index contributed by atoms with van der Waals surface area (Å²) in [6.45, 7) is 3.57. The number of rotatable bonds is 4. The number of aromatic hydroxyl groups is 1. The van der Waals surface area contributed by atoms with Gasteiger partial charge in [0.2, 0.25) is 0 Å². The average Bonchev–Trinajstić information content (AvgIpc) is 3.66. The molecule has 40 heavy (non-hydrogen) atoms. The van der Waals surface area contributed by atoms with Crippen molar-refractivity contribution in [2.45, 2.75) is 74.7 Å². The zero-order valence-corrected chi connectivity index (χ0v) is 22.7. The molecule has 208 valence electrons. The lowest BCUT2D eigenvalue weighted by atomic mass is 9.48. The fourth-order valence-corrected chi connectivity index (χ4v) is 8.17. The van der Waals surface area contributed by atoms with Gasteiger partial charge in [-0.25, -0.2) is 0 Å². The van der Waals surface area contributed by atoms with E-state index in [9.17, 15) is 25.1 Å². The number of hydrogen-bond donors (Lipinski definition) is 2. The van der Waals surface area contributed by atoms with Crippen LogP contribution in [-0.2, 0) is 16.6 Å². The van der Waals surface area contributed by atoms with Crippen LogP contribution in [0, 0.1) is 34.8 Å². The van der Waals surface area contributed by atoms with E-state index >= 15 is 0 Å². The van der Waals surface area contributed by atoms with E-state index in [0.717, 1.165) is 24.2 Å². The molecule has 1 saturated heterocycles. The van der Waals surface area contributed by atoms with Crippen molar-refractivity contribution in [3.05, 3.63) is 62.7 Å². The molecule has 9 heteroatoms. The fourth-order valence-electron chi connectivity index (χ4n) is 8.17. The molecule has 5 aliphatic rings. The number of nitro groups is 1. The van der Waals surface area contributed by atoms with E-state index in [-0.39, 0.29) is 29.1 Å². The summed E-state index contributed by atoms with van der Waals surface area (Å²) < 4.78 is 6.51. The normalized spacial score (nSPS) is 31.4. The Bertz CT molecular complexity index is 1510. The minimum Gasteiger partial charge on any atom is -0.504 e. The lowest BCUT2D eigenvalue weighted by Gasteiger charge is -2.64. The second kappa shape index (κ2) is 8.69. The van der Waals surface area contributed by atoms with Crippen LogP contribution in [0.5, 0.6) is 11.5 Å². The van der Waals surface area contributed by atoms with Crippen LogP contribution >= 0.6 is 0 Å². The van der Waals surface area contributed by atoms with E-state index < -0.39 is 28.1 Å². The van der Waals surface area contributed by atoms with Gasteiger partial charge in [0, 0.05) is 42.2 Å². The van der Waals surface area contributed by atoms with Crippen LogP contribution in [0.2, 0.25) is 0 Å². The predicted octanol–water partition coefficient (Wildman–Crippen LogP) is 3.05. The third-order valence-corrected chi connectivity index (χ3v) is 10.2. The molecule has 7 rings (SSSR count). The Labute approximate surface area is 232 Å². The molecule has 3 fully saturated rings. The van der Waals surface area contributed by atoms with Crippen molar-refractivity contribution in [3.8, 4) is 23.3 Å². The number of piperidine rings is 1. The first-order valence-electron chi connectivity index (χ1n) is 14.2. The Hall–Kier alpha value is -3.61. The Morgan fingerprint density at radius 1 is 1.27 bits per heavy atom. The molecule has 9 nitrogen and oxygen atoms in total. The summed E-state index contributed by atoms with van der Waals surface area (Å²) in [6, 6.07) is 8.12. The van der Waals surface area contributed by atoms with Gasteiger partial charge in [-0.05, 0) is 75.6 Å². The molecular formula is C31H33N3O6. The van der Waals surface area contributed by atoms with Gasteiger partial charge in [0.15, 0.2) is 11.5 Å². The van der Waals surface area contributed by atoms with Crippen molar-refractivity contribution in [1.82, 2.24) is 9.80 Å². The minimum atomic E-state index is -1.20. The van der Waals surface area contributed by atoms with E-state index in [1.54, 1.807) is 11.9 Å². The molecule has 1 amide bonds. The van der Waals surface area contributed by atoms with Crippen molar-refractivity contribution < 1.29 is 24.7 Å². The molecule has 2 aromatic carbocycles. The number of amides is 1. The second-order valence-electron chi connectivity index (χ2n) is 12.3. The zero-order chi connectivity index (χ0) is 28.0. The van der Waals surface area contributed by atoms with Crippen molar-refractivity contribution in [2.75, 3.05) is 20.1 Å². The Morgan fingerprint density at radius 2 is 2.08 bits per heavy atom. The number of carbonyl (C=O) groups is 1. The van der Waals surface area contributed by atoms with Crippen LogP contribution in [0.4, 0.5) is 5.69 Å². The van der Waals surface area contributed by atoms with E-state index in [2.05, 4.69) is 16.7 Å². The molecule has 2 N–H and O–H groups in total. The quantitative estimate of drug-likeness (QED) is 0.346. The van der Waals surface area contributed by atoms with Gasteiger partial charge in [-0.3, -0.25) is 19.8 Å². The molecule has 0 unspecified atom stereocenters. The number of benzene rings is 2. The largest absolute Gasteiger partial charge is 0.504 e. The SMILES string of the molecule is Cc1cccc(C#CC(=O)N(C)[C@@H]2CC[C@@]3(O)[C@H]4Cc5c([N+](=O)[O-])cc(O)c6c5[C@@]3(CCN4CC3CC3)[C@H]2O6)c1. The van der Waals surface area contributed by atoms with Gasteiger partial charge >= 0.3 is 0 Å². The molecule has 3 aliphatic carbocycles. The molecule has 0 radical (unpaired) electrons. The molecule has 2 saturated carbocycles. The van der Waals surface area contributed by atoms with Gasteiger partial charge < -0.3 is 19.8 Å². The number of hydrogen-bond acceptors (Lipinski definition) is 7. The lowest BCUT2D eigenvalue weighted by Crippen LogP contribution is -2.78. The monoisotopic (exact) mass is 543 g/mol. The molecule has 2 bridgehead atoms. The molecular weight excluding hydrogens is 510 g/mol. The summed E-state index contributed by atoms with van der Waals surface area (Å²) in [4.78, 5) is 29.0. The van der Waals surface area contributed by atoms with Crippen LogP contribution in [0.1, 0.15) is 54.4 Å². The average molecular weight is 544 g/mol. The van der Waals surface area contributed by atoms with Gasteiger partial charge in [-0.15, -0.1) is 0 Å². The Balaban J connectivity index is 1.31. The summed E-state index contributed by atoms with van der Waals surface area (Å²) in [6.07, 6.45) is 3.48. The topological polar surface area (TPSA) is 116 Å². The number of carbonyl (C=O) groups excluding carboxylic acids is 1. The van der Waals surface area contributed by atoms with Crippen molar-refractivity contribution >= 4 is 11.6 Å². The summed E-state index contributed by atoms with van der Waals surface area (Å²) in [5.41, 5.74) is 0.637. The number of phenols is 1. The maximum Gasteiger partial charge on any atom is 0.298 e. The number of aliphatic hydroxyl groups is 1. The highest BCUT2D eigenvalue weighted by atomic mass is 16.6. The van der Waals surface area contributed by atoms with Crippen LogP contribution in [0.15, 0.2) is 30.3 Å². The molecule has 0 aromatic heterocycles. The van der Waals surface area contributed by atoms with E-state index in [0.29, 0.717) is 42.7 Å². The van der Waals surface area contributed by atoms with Crippen molar-refractivity contribution in [2.24, 2.45) is 5.92 Å². The molecule has 2 aliphatic heterocycles. The van der Waals surface area contributed by atoms with E-state index in [1.165, 1.54) is 18.9 Å². The number of ether oxygens (including phenoxy) is 1. The smallest absolute Gasteiger partial charge is 0.298 e. The summed E-state index contributed by atoms with van der Waals surface area (Å²) in [5, 5.41) is 35.7. The van der Waals surface area contributed by atoms with Gasteiger partial charge in [-0.2, -0.15) is 0 Å². The highest BCUT2D eigenvalue weighted by molar-refractivity contribution is 5.94. The highest BCUT2D eigenvalue weighted by Crippen LogP contribution is 2.67. The van der Waals surface area contributed by atoms with Gasteiger partial charge in [0.25, 0.3) is 11.6 Å². The third kappa shape index (κ3) is 3.45. The first kappa shape index (κ1) is 25.4. The Morgan fingerprint density at radius 3 is 2.80 bits per heavy atom. The summed E-state index contributed by atoms with van der Waals surface area (Å²) in [7, 11) is 1.71. The molecule has 2 heterocycles. The fraction of sp³-hybridized carbons (Fsp3) is 0.516. The maximum absolute atomic E-state index is 13.4. The molecule has 1 spiro atoms. The van der Waals surface area contributed by atoms with Crippen LogP contribution in [-0.4, -0.2) is 74.8 Å². The predicted molar refractivity (Wildman–Crippen MR) is 146 cm³/mol. The summed E-state index contributed by atoms with van der Waals surface area (Å²) in [5.74, 6) is 5.91. The molecule has 5 atom stereocenters. The van der Waals surface area contributed by atoms with Crippen LogP contribution < -0.4 is 4.74 Å². The third-order valence-electron chi connectivity index (χ3n) is 10.2. The second-order valence-corrected chi connectivity index (χ2v) is 12.3. The first-order chi connectivity index (χ1) is 19.1. The van der Waals surface area contributed by atoms with Crippen LogP contribution in [0.3, 0.4) is 0 Å². The van der Waals surface area contributed by atoms with Crippen molar-refractivity contribution in [1.29, 1.82) is 0 Å². The zero-order valence-electron chi connectivity index (χ0n) is 22.7. The lowest BCUT2D eigenvalue weighted by molar-refractivity contribution is -0.386. The molecule has 2 aromatic rings. The highest BCUT2D eigenvalue weighted by Gasteiger charge is 2.74. The number of likely N-dealkylation sites (tertiary alicyclic amines) is 1.